The van der Waals surface area contributed by atoms with Gasteiger partial charge in [-0.05, 0) is 6.07 Å². The minimum Gasteiger partial charge on any atom is -0.365 e. The lowest BCUT2D eigenvalue weighted by Gasteiger charge is -1.88. The molecule has 1 rings (SSSR count). The van der Waals surface area contributed by atoms with E-state index in [1.165, 1.54) is 0 Å². The molecule has 0 aliphatic rings. The maximum Gasteiger partial charge on any atom is 0.236 e. The molecule has 0 N–H and O–H groups in total. The molecular formula is C5H4ClNO. The molecule has 8 heavy (non-hydrogen) atoms. The average Bonchev–Trinajstić information content (AvgIpc) is 1.90. The van der Waals surface area contributed by atoms with Gasteiger partial charge in [0.2, 0.25) is 5.88 Å². The van der Waals surface area contributed by atoms with Crippen LogP contribution in [0.1, 0.15) is 0 Å². The summed E-state index contributed by atoms with van der Waals surface area (Å²) in [5.74, 6) is 0.425. The zero-order chi connectivity index (χ0) is 5.82. The number of aromatic nitrogens is 1. The molecule has 2 nitrogen and oxygen atoms in total. The molecule has 0 atom stereocenters. The molecule has 0 aliphatic heterocycles. The molecule has 1 aromatic rings. The molecule has 1 heterocycles. The van der Waals surface area contributed by atoms with E-state index in [-0.39, 0.29) is 0 Å². The van der Waals surface area contributed by atoms with Crippen molar-refractivity contribution in [1.29, 1.82) is 0 Å². The molecular weight excluding hydrogens is 126 g/mol. The molecule has 0 saturated heterocycles. The fourth-order valence-electron chi connectivity index (χ4n) is 0.393. The first-order chi connectivity index (χ1) is 3.93. The normalized spacial score (nSPS) is 8.62. The van der Waals surface area contributed by atoms with Gasteiger partial charge in [0.25, 0.3) is 0 Å². The highest BCUT2D eigenvalue weighted by Gasteiger charge is 1.84. The van der Waals surface area contributed by atoms with E-state index in [9.17, 15) is 0 Å². The summed E-state index contributed by atoms with van der Waals surface area (Å²) >= 11 is 4.96. The molecule has 0 bridgehead atoms. The Morgan fingerprint density at radius 2 is 2.38 bits per heavy atom. The summed E-state index contributed by atoms with van der Waals surface area (Å²) in [5, 5.41) is 0. The first-order valence-corrected chi connectivity index (χ1v) is 2.44. The van der Waals surface area contributed by atoms with Gasteiger partial charge in [-0.2, -0.15) is 0 Å². The van der Waals surface area contributed by atoms with Crippen LogP contribution in [-0.4, -0.2) is 4.98 Å². The summed E-state index contributed by atoms with van der Waals surface area (Å²) in [6.45, 7) is 0. The van der Waals surface area contributed by atoms with Crippen LogP contribution in [0, 0.1) is 0 Å². The standard InChI is InChI=1S/C5H4ClNO/c6-8-5-3-1-2-4-7-5/h1-4H. The van der Waals surface area contributed by atoms with E-state index >= 15 is 0 Å². The average molecular weight is 130 g/mol. The van der Waals surface area contributed by atoms with E-state index in [0.717, 1.165) is 0 Å². The van der Waals surface area contributed by atoms with Crippen molar-refractivity contribution in [3.05, 3.63) is 24.4 Å². The number of halogens is 1. The van der Waals surface area contributed by atoms with Crippen molar-refractivity contribution in [3.8, 4) is 5.88 Å². The summed E-state index contributed by atoms with van der Waals surface area (Å²) in [6.07, 6.45) is 1.61. The number of hydrogen-bond acceptors (Lipinski definition) is 2. The Bertz CT molecular complexity index is 154. The van der Waals surface area contributed by atoms with Crippen LogP contribution >= 0.6 is 11.9 Å². The molecule has 42 valence electrons. The Hall–Kier alpha value is -0.760. The van der Waals surface area contributed by atoms with Crippen molar-refractivity contribution in [2.75, 3.05) is 0 Å². The molecule has 0 fully saturated rings. The molecule has 0 unspecified atom stereocenters. The van der Waals surface area contributed by atoms with Crippen molar-refractivity contribution >= 4 is 11.9 Å². The quantitative estimate of drug-likeness (QED) is 0.575. The number of hydrogen-bond donors (Lipinski definition) is 0. The minimum absolute atomic E-state index is 0.425. The van der Waals surface area contributed by atoms with Gasteiger partial charge in [0, 0.05) is 12.3 Å². The van der Waals surface area contributed by atoms with Gasteiger partial charge >= 0.3 is 0 Å². The van der Waals surface area contributed by atoms with Gasteiger partial charge in [-0.1, -0.05) is 6.07 Å². The summed E-state index contributed by atoms with van der Waals surface area (Å²) in [6, 6.07) is 5.26. The topological polar surface area (TPSA) is 22.1 Å². The van der Waals surface area contributed by atoms with Crippen LogP contribution in [0.2, 0.25) is 0 Å². The van der Waals surface area contributed by atoms with E-state index in [0.29, 0.717) is 5.88 Å². The monoisotopic (exact) mass is 129 g/mol. The lowest BCUT2D eigenvalue weighted by atomic mass is 10.5. The second-order valence-electron chi connectivity index (χ2n) is 1.25. The second kappa shape index (κ2) is 2.52. The van der Waals surface area contributed by atoms with Crippen LogP contribution in [0.25, 0.3) is 0 Å². The van der Waals surface area contributed by atoms with Crippen molar-refractivity contribution in [3.63, 3.8) is 0 Å². The maximum atomic E-state index is 4.96. The third-order valence-corrected chi connectivity index (χ3v) is 0.875. The summed E-state index contributed by atoms with van der Waals surface area (Å²) in [4.78, 5) is 3.74. The summed E-state index contributed by atoms with van der Waals surface area (Å²) < 4.78 is 4.28. The summed E-state index contributed by atoms with van der Waals surface area (Å²) in [5.41, 5.74) is 0. The van der Waals surface area contributed by atoms with Crippen molar-refractivity contribution in [2.24, 2.45) is 0 Å². The Morgan fingerprint density at radius 3 is 2.75 bits per heavy atom. The first-order valence-electron chi connectivity index (χ1n) is 2.13. The van der Waals surface area contributed by atoms with E-state index < -0.39 is 0 Å². The van der Waals surface area contributed by atoms with E-state index in [2.05, 4.69) is 9.27 Å². The van der Waals surface area contributed by atoms with Gasteiger partial charge in [0.15, 0.2) is 0 Å². The predicted octanol–water partition coefficient (Wildman–Crippen LogP) is 1.61. The Morgan fingerprint density at radius 1 is 1.50 bits per heavy atom. The number of rotatable bonds is 1. The van der Waals surface area contributed by atoms with Crippen LogP contribution in [0.4, 0.5) is 0 Å². The number of nitrogens with zero attached hydrogens (tertiary/aromatic N) is 1. The van der Waals surface area contributed by atoms with Gasteiger partial charge in [-0.25, -0.2) is 4.98 Å². The van der Waals surface area contributed by atoms with Crippen LogP contribution in [0.3, 0.4) is 0 Å². The van der Waals surface area contributed by atoms with E-state index in [1.807, 2.05) is 0 Å². The van der Waals surface area contributed by atoms with Crippen LogP contribution < -0.4 is 4.29 Å². The second-order valence-corrected chi connectivity index (χ2v) is 1.40. The largest absolute Gasteiger partial charge is 0.365 e. The van der Waals surface area contributed by atoms with Gasteiger partial charge in [-0.3, -0.25) is 0 Å². The third-order valence-electron chi connectivity index (χ3n) is 0.717. The fourth-order valence-corrected chi connectivity index (χ4v) is 0.484. The molecule has 1 aromatic heterocycles. The lowest BCUT2D eigenvalue weighted by Crippen LogP contribution is -1.76. The van der Waals surface area contributed by atoms with Crippen LogP contribution in [0.15, 0.2) is 24.4 Å². The van der Waals surface area contributed by atoms with Crippen molar-refractivity contribution < 1.29 is 4.29 Å². The molecule has 0 radical (unpaired) electrons. The molecule has 0 saturated carbocycles. The molecule has 3 heteroatoms. The van der Waals surface area contributed by atoms with Gasteiger partial charge < -0.3 is 4.29 Å². The maximum absolute atomic E-state index is 4.96. The molecule has 0 spiro atoms. The molecule has 0 aliphatic carbocycles. The van der Waals surface area contributed by atoms with Gasteiger partial charge in [0.05, 0.1) is 0 Å². The van der Waals surface area contributed by atoms with Crippen LogP contribution in [-0.2, 0) is 0 Å². The predicted molar refractivity (Wildman–Crippen MR) is 30.7 cm³/mol. The van der Waals surface area contributed by atoms with E-state index in [4.69, 9.17) is 11.9 Å². The SMILES string of the molecule is ClOc1ccccn1. The Labute approximate surface area is 52.2 Å². The lowest BCUT2D eigenvalue weighted by molar-refractivity contribution is 0.591. The Kier molecular flexibility index (Phi) is 1.70. The van der Waals surface area contributed by atoms with Crippen molar-refractivity contribution in [2.45, 2.75) is 0 Å². The van der Waals surface area contributed by atoms with Crippen molar-refractivity contribution in [1.82, 2.24) is 4.98 Å². The highest BCUT2D eigenvalue weighted by molar-refractivity contribution is 6.08. The smallest absolute Gasteiger partial charge is 0.236 e. The highest BCUT2D eigenvalue weighted by atomic mass is 35.5. The fraction of sp³-hybridized carbons (Fsp3) is 0. The summed E-state index contributed by atoms with van der Waals surface area (Å²) in [7, 11) is 0. The third kappa shape index (κ3) is 1.10. The minimum atomic E-state index is 0.425. The molecule has 0 aromatic carbocycles. The molecule has 0 amide bonds. The number of pyridine rings is 1. The Balaban J connectivity index is 2.83. The first kappa shape index (κ1) is 5.38. The van der Waals surface area contributed by atoms with E-state index in [1.54, 1.807) is 24.4 Å². The zero-order valence-electron chi connectivity index (χ0n) is 4.04. The zero-order valence-corrected chi connectivity index (χ0v) is 4.80. The highest BCUT2D eigenvalue weighted by Crippen LogP contribution is 2.03. The van der Waals surface area contributed by atoms with Crippen LogP contribution in [0.5, 0.6) is 5.88 Å². The van der Waals surface area contributed by atoms with Gasteiger partial charge in [-0.15, -0.1) is 0 Å². The van der Waals surface area contributed by atoms with Gasteiger partial charge in [0.1, 0.15) is 11.9 Å².